The monoisotopic (exact) mass is 276 g/mol. The van der Waals surface area contributed by atoms with Gasteiger partial charge in [0.2, 0.25) is 0 Å². The highest BCUT2D eigenvalue weighted by Crippen LogP contribution is 2.37. The van der Waals surface area contributed by atoms with E-state index >= 15 is 0 Å². The van der Waals surface area contributed by atoms with Crippen LogP contribution in [0.25, 0.3) is 22.5 Å². The summed E-state index contributed by atoms with van der Waals surface area (Å²) in [5, 5.41) is 14.3. The van der Waals surface area contributed by atoms with Crippen molar-refractivity contribution in [2.24, 2.45) is 5.92 Å². The molecule has 0 amide bonds. The van der Waals surface area contributed by atoms with Gasteiger partial charge in [-0.2, -0.15) is 0 Å². The summed E-state index contributed by atoms with van der Waals surface area (Å²) in [6.45, 7) is 0. The predicted octanol–water partition coefficient (Wildman–Crippen LogP) is 3.49. The van der Waals surface area contributed by atoms with Crippen LogP contribution >= 0.6 is 0 Å². The fraction of sp³-hybridized carbons (Fsp3) is 0.235. The van der Waals surface area contributed by atoms with E-state index in [2.05, 4.69) is 63.1 Å². The molecule has 104 valence electrons. The van der Waals surface area contributed by atoms with Gasteiger partial charge in [0.05, 0.1) is 0 Å². The number of aromatic nitrogens is 4. The fourth-order valence-corrected chi connectivity index (χ4v) is 2.79. The molecule has 1 fully saturated rings. The Balaban J connectivity index is 1.83. The average molecular weight is 276 g/mol. The first-order valence-electron chi connectivity index (χ1n) is 7.33. The number of aromatic amines is 1. The second-order valence-corrected chi connectivity index (χ2v) is 5.60. The van der Waals surface area contributed by atoms with Crippen LogP contribution in [0, 0.1) is 5.92 Å². The topological polar surface area (TPSA) is 54.5 Å². The van der Waals surface area contributed by atoms with Gasteiger partial charge in [-0.05, 0) is 52.3 Å². The van der Waals surface area contributed by atoms with Crippen LogP contribution in [0.2, 0.25) is 0 Å². The molecule has 4 rings (SSSR count). The van der Waals surface area contributed by atoms with Gasteiger partial charge in [-0.15, -0.1) is 5.10 Å². The molecule has 3 aromatic rings. The van der Waals surface area contributed by atoms with Crippen molar-refractivity contribution in [2.75, 3.05) is 0 Å². The maximum Gasteiger partial charge on any atom is 0.180 e. The SMILES string of the molecule is c1ccc(-c2ccccc2-c2nnn[nH]2)c(CC2CC2)c1. The molecule has 1 aromatic heterocycles. The number of benzene rings is 2. The Bertz CT molecular complexity index is 745. The van der Waals surface area contributed by atoms with E-state index in [1.54, 1.807) is 0 Å². The summed E-state index contributed by atoms with van der Waals surface area (Å²) in [5.74, 6) is 1.58. The molecule has 1 aliphatic carbocycles. The standard InChI is InChI=1S/C17H16N4/c1-2-6-14(13(5-1)11-12-9-10-12)15-7-3-4-8-16(15)17-18-20-21-19-17/h1-8,12H,9-11H2,(H,18,19,20,21). The maximum absolute atomic E-state index is 4.06. The molecule has 1 saturated carbocycles. The summed E-state index contributed by atoms with van der Waals surface area (Å²) in [6.07, 6.45) is 3.89. The second-order valence-electron chi connectivity index (χ2n) is 5.60. The first-order chi connectivity index (χ1) is 10.4. The predicted molar refractivity (Wildman–Crippen MR) is 81.5 cm³/mol. The van der Waals surface area contributed by atoms with Crippen molar-refractivity contribution in [1.29, 1.82) is 0 Å². The van der Waals surface area contributed by atoms with Crippen molar-refractivity contribution < 1.29 is 0 Å². The Labute approximate surface area is 123 Å². The lowest BCUT2D eigenvalue weighted by Crippen LogP contribution is -1.94. The van der Waals surface area contributed by atoms with Crippen LogP contribution in [0.15, 0.2) is 48.5 Å². The molecule has 1 heterocycles. The zero-order valence-electron chi connectivity index (χ0n) is 11.7. The van der Waals surface area contributed by atoms with Crippen LogP contribution in [0.1, 0.15) is 18.4 Å². The van der Waals surface area contributed by atoms with Crippen LogP contribution in [-0.2, 0) is 6.42 Å². The van der Waals surface area contributed by atoms with Crippen molar-refractivity contribution in [3.05, 3.63) is 54.1 Å². The number of tetrazole rings is 1. The van der Waals surface area contributed by atoms with Crippen LogP contribution < -0.4 is 0 Å². The largest absolute Gasteiger partial charge is 0.239 e. The molecule has 0 bridgehead atoms. The van der Waals surface area contributed by atoms with Crippen molar-refractivity contribution in [2.45, 2.75) is 19.3 Å². The molecule has 0 radical (unpaired) electrons. The number of nitrogens with one attached hydrogen (secondary N) is 1. The number of nitrogens with zero attached hydrogens (tertiary/aromatic N) is 3. The molecule has 0 saturated heterocycles. The Morgan fingerprint density at radius 3 is 2.33 bits per heavy atom. The van der Waals surface area contributed by atoms with E-state index in [1.165, 1.54) is 36.0 Å². The zero-order valence-corrected chi connectivity index (χ0v) is 11.7. The smallest absolute Gasteiger partial charge is 0.180 e. The van der Waals surface area contributed by atoms with Crippen LogP contribution in [0.3, 0.4) is 0 Å². The van der Waals surface area contributed by atoms with E-state index in [0.29, 0.717) is 5.82 Å². The molecule has 1 aliphatic rings. The third kappa shape index (κ3) is 2.44. The average Bonchev–Trinajstić information content (AvgIpc) is 3.18. The van der Waals surface area contributed by atoms with Crippen LogP contribution in [-0.4, -0.2) is 20.6 Å². The van der Waals surface area contributed by atoms with Crippen molar-refractivity contribution in [3.63, 3.8) is 0 Å². The minimum absolute atomic E-state index is 0.715. The summed E-state index contributed by atoms with van der Waals surface area (Å²) in [5.41, 5.74) is 4.94. The van der Waals surface area contributed by atoms with Gasteiger partial charge in [-0.3, -0.25) is 0 Å². The van der Waals surface area contributed by atoms with Gasteiger partial charge in [0, 0.05) is 5.56 Å². The number of rotatable bonds is 4. The maximum atomic E-state index is 4.06. The van der Waals surface area contributed by atoms with Gasteiger partial charge in [-0.25, -0.2) is 5.10 Å². The quantitative estimate of drug-likeness (QED) is 0.793. The molecule has 4 heteroatoms. The van der Waals surface area contributed by atoms with Crippen molar-refractivity contribution >= 4 is 0 Å². The van der Waals surface area contributed by atoms with E-state index in [0.717, 1.165) is 11.5 Å². The molecular weight excluding hydrogens is 260 g/mol. The lowest BCUT2D eigenvalue weighted by Gasteiger charge is -2.12. The Morgan fingerprint density at radius 2 is 1.62 bits per heavy atom. The van der Waals surface area contributed by atoms with Gasteiger partial charge in [-0.1, -0.05) is 48.5 Å². The molecule has 21 heavy (non-hydrogen) atoms. The molecule has 0 atom stereocenters. The molecular formula is C17H16N4. The first-order valence-corrected chi connectivity index (χ1v) is 7.33. The molecule has 0 aliphatic heterocycles. The lowest BCUT2D eigenvalue weighted by molar-refractivity contribution is 0.834. The van der Waals surface area contributed by atoms with E-state index < -0.39 is 0 Å². The molecule has 2 aromatic carbocycles. The summed E-state index contributed by atoms with van der Waals surface area (Å²) in [4.78, 5) is 0. The van der Waals surface area contributed by atoms with Gasteiger partial charge < -0.3 is 0 Å². The number of hydrogen-bond acceptors (Lipinski definition) is 3. The van der Waals surface area contributed by atoms with Crippen LogP contribution in [0.4, 0.5) is 0 Å². The Kier molecular flexibility index (Phi) is 2.99. The highest BCUT2D eigenvalue weighted by Gasteiger charge is 2.23. The highest BCUT2D eigenvalue weighted by atomic mass is 15.5. The highest BCUT2D eigenvalue weighted by molar-refractivity contribution is 5.82. The fourth-order valence-electron chi connectivity index (χ4n) is 2.79. The Morgan fingerprint density at radius 1 is 0.905 bits per heavy atom. The summed E-state index contributed by atoms with van der Waals surface area (Å²) in [7, 11) is 0. The van der Waals surface area contributed by atoms with Gasteiger partial charge in [0.15, 0.2) is 5.82 Å². The second kappa shape index (κ2) is 5.13. The molecule has 4 nitrogen and oxygen atoms in total. The summed E-state index contributed by atoms with van der Waals surface area (Å²) >= 11 is 0. The summed E-state index contributed by atoms with van der Waals surface area (Å²) < 4.78 is 0. The van der Waals surface area contributed by atoms with Gasteiger partial charge in [0.25, 0.3) is 0 Å². The summed E-state index contributed by atoms with van der Waals surface area (Å²) in [6, 6.07) is 16.9. The third-order valence-electron chi connectivity index (χ3n) is 4.04. The molecule has 0 unspecified atom stereocenters. The zero-order chi connectivity index (χ0) is 14.1. The normalized spacial score (nSPS) is 14.3. The number of H-pyrrole nitrogens is 1. The Hall–Kier alpha value is -2.49. The van der Waals surface area contributed by atoms with E-state index in [4.69, 9.17) is 0 Å². The van der Waals surface area contributed by atoms with Gasteiger partial charge >= 0.3 is 0 Å². The van der Waals surface area contributed by atoms with Crippen molar-refractivity contribution in [1.82, 2.24) is 20.6 Å². The van der Waals surface area contributed by atoms with E-state index in [-0.39, 0.29) is 0 Å². The minimum atomic E-state index is 0.715. The van der Waals surface area contributed by atoms with Gasteiger partial charge in [0.1, 0.15) is 0 Å². The lowest BCUT2D eigenvalue weighted by atomic mass is 9.93. The first kappa shape index (κ1) is 12.3. The van der Waals surface area contributed by atoms with Crippen molar-refractivity contribution in [3.8, 4) is 22.5 Å². The van der Waals surface area contributed by atoms with Crippen LogP contribution in [0.5, 0.6) is 0 Å². The molecule has 1 N–H and O–H groups in total. The molecule has 0 spiro atoms. The minimum Gasteiger partial charge on any atom is -0.239 e. The van der Waals surface area contributed by atoms with E-state index in [9.17, 15) is 0 Å². The van der Waals surface area contributed by atoms with E-state index in [1.807, 2.05) is 6.07 Å². The third-order valence-corrected chi connectivity index (χ3v) is 4.04. The number of hydrogen-bond donors (Lipinski definition) is 1.